The Bertz CT molecular complexity index is 617. The summed E-state index contributed by atoms with van der Waals surface area (Å²) in [7, 11) is 0. The molecule has 0 saturated heterocycles. The molecule has 0 aliphatic carbocycles. The summed E-state index contributed by atoms with van der Waals surface area (Å²) in [6, 6.07) is 15.7. The second kappa shape index (κ2) is 7.06. The number of anilines is 1. The van der Waals surface area contributed by atoms with E-state index in [1.807, 2.05) is 48.5 Å². The molecule has 0 unspecified atom stereocenters. The van der Waals surface area contributed by atoms with Gasteiger partial charge in [0.2, 0.25) is 5.91 Å². The first-order valence-corrected chi connectivity index (χ1v) is 7.30. The van der Waals surface area contributed by atoms with E-state index in [4.69, 9.17) is 0 Å². The van der Waals surface area contributed by atoms with Gasteiger partial charge in [0.25, 0.3) is 0 Å². The molecule has 0 fully saturated rings. The van der Waals surface area contributed by atoms with Crippen molar-refractivity contribution >= 4 is 33.6 Å². The monoisotopic (exact) mass is 329 g/mol. The zero-order valence-electron chi connectivity index (χ0n) is 11.3. The van der Waals surface area contributed by atoms with Crippen LogP contribution in [0.15, 0.2) is 59.1 Å². The third kappa shape index (κ3) is 4.35. The van der Waals surface area contributed by atoms with Crippen LogP contribution in [0.5, 0.6) is 0 Å². The molecule has 20 heavy (non-hydrogen) atoms. The molecule has 0 aliphatic rings. The highest BCUT2D eigenvalue weighted by Crippen LogP contribution is 2.13. The number of hydrogen-bond donors (Lipinski definition) is 1. The standard InChI is InChI=1S/C17H16BrNO/c1-2-13-6-9-16(10-7-13)19-17(20)11-8-14-4-3-5-15(18)12-14/h3-12H,2H2,1H3,(H,19,20). The van der Waals surface area contributed by atoms with E-state index in [2.05, 4.69) is 28.2 Å². The van der Waals surface area contributed by atoms with Gasteiger partial charge in [-0.1, -0.05) is 47.1 Å². The Kier molecular flexibility index (Phi) is 5.13. The van der Waals surface area contributed by atoms with E-state index in [1.54, 1.807) is 6.08 Å². The largest absolute Gasteiger partial charge is 0.323 e. The molecule has 0 atom stereocenters. The van der Waals surface area contributed by atoms with E-state index in [0.717, 1.165) is 22.1 Å². The van der Waals surface area contributed by atoms with Crippen LogP contribution in [-0.2, 0) is 11.2 Å². The van der Waals surface area contributed by atoms with Gasteiger partial charge in [0.15, 0.2) is 0 Å². The SMILES string of the molecule is CCc1ccc(NC(=O)C=Cc2cccc(Br)c2)cc1. The van der Waals surface area contributed by atoms with Crippen molar-refractivity contribution in [2.24, 2.45) is 0 Å². The Morgan fingerprint density at radius 1 is 1.20 bits per heavy atom. The Hall–Kier alpha value is -1.87. The average molecular weight is 330 g/mol. The number of hydrogen-bond acceptors (Lipinski definition) is 1. The van der Waals surface area contributed by atoms with E-state index < -0.39 is 0 Å². The molecule has 2 aromatic rings. The predicted molar refractivity (Wildman–Crippen MR) is 87.6 cm³/mol. The number of benzene rings is 2. The molecule has 0 saturated carbocycles. The smallest absolute Gasteiger partial charge is 0.248 e. The van der Waals surface area contributed by atoms with Crippen LogP contribution in [0.25, 0.3) is 6.08 Å². The fraction of sp³-hybridized carbons (Fsp3) is 0.118. The first-order valence-electron chi connectivity index (χ1n) is 6.51. The zero-order valence-corrected chi connectivity index (χ0v) is 12.9. The number of amides is 1. The van der Waals surface area contributed by atoms with Crippen LogP contribution in [0.3, 0.4) is 0 Å². The lowest BCUT2D eigenvalue weighted by Gasteiger charge is -2.03. The molecule has 2 aromatic carbocycles. The molecule has 0 spiro atoms. The maximum Gasteiger partial charge on any atom is 0.248 e. The van der Waals surface area contributed by atoms with Gasteiger partial charge in [0.05, 0.1) is 0 Å². The van der Waals surface area contributed by atoms with Crippen LogP contribution in [0.1, 0.15) is 18.1 Å². The number of nitrogens with one attached hydrogen (secondary N) is 1. The molecule has 0 aromatic heterocycles. The van der Waals surface area contributed by atoms with Gasteiger partial charge in [-0.05, 0) is 47.9 Å². The fourth-order valence-electron chi connectivity index (χ4n) is 1.79. The quantitative estimate of drug-likeness (QED) is 0.812. The summed E-state index contributed by atoms with van der Waals surface area (Å²) in [6.45, 7) is 2.11. The zero-order chi connectivity index (χ0) is 14.4. The summed E-state index contributed by atoms with van der Waals surface area (Å²) in [5.41, 5.74) is 3.05. The first kappa shape index (κ1) is 14.5. The highest BCUT2D eigenvalue weighted by Gasteiger charge is 1.98. The van der Waals surface area contributed by atoms with Gasteiger partial charge in [-0.15, -0.1) is 0 Å². The Balaban J connectivity index is 1.98. The molecule has 2 nitrogen and oxygen atoms in total. The molecule has 1 amide bonds. The lowest BCUT2D eigenvalue weighted by atomic mass is 10.1. The topological polar surface area (TPSA) is 29.1 Å². The fourth-order valence-corrected chi connectivity index (χ4v) is 2.21. The van der Waals surface area contributed by atoms with Crippen molar-refractivity contribution in [3.8, 4) is 0 Å². The average Bonchev–Trinajstić information content (AvgIpc) is 2.46. The first-order chi connectivity index (χ1) is 9.67. The van der Waals surface area contributed by atoms with Gasteiger partial charge >= 0.3 is 0 Å². The van der Waals surface area contributed by atoms with Gasteiger partial charge in [0.1, 0.15) is 0 Å². The van der Waals surface area contributed by atoms with Crippen LogP contribution >= 0.6 is 15.9 Å². The normalized spacial score (nSPS) is 10.7. The maximum absolute atomic E-state index is 11.8. The number of halogens is 1. The van der Waals surface area contributed by atoms with Crippen LogP contribution in [-0.4, -0.2) is 5.91 Å². The minimum atomic E-state index is -0.130. The van der Waals surface area contributed by atoms with E-state index in [1.165, 1.54) is 11.6 Å². The Morgan fingerprint density at radius 3 is 2.60 bits per heavy atom. The van der Waals surface area contributed by atoms with Crippen LogP contribution < -0.4 is 5.32 Å². The van der Waals surface area contributed by atoms with Crippen molar-refractivity contribution in [2.45, 2.75) is 13.3 Å². The summed E-state index contributed by atoms with van der Waals surface area (Å²) in [5, 5.41) is 2.84. The lowest BCUT2D eigenvalue weighted by Crippen LogP contribution is -2.07. The van der Waals surface area contributed by atoms with E-state index in [-0.39, 0.29) is 5.91 Å². The summed E-state index contributed by atoms with van der Waals surface area (Å²) in [4.78, 5) is 11.8. The molecule has 0 bridgehead atoms. The number of carbonyl (C=O) groups excluding carboxylic acids is 1. The van der Waals surface area contributed by atoms with Gasteiger partial charge in [-0.25, -0.2) is 0 Å². The second-order valence-corrected chi connectivity index (χ2v) is 5.34. The number of carbonyl (C=O) groups is 1. The van der Waals surface area contributed by atoms with E-state index >= 15 is 0 Å². The minimum Gasteiger partial charge on any atom is -0.323 e. The van der Waals surface area contributed by atoms with Crippen molar-refractivity contribution in [3.63, 3.8) is 0 Å². The van der Waals surface area contributed by atoms with Gasteiger partial charge < -0.3 is 5.32 Å². The second-order valence-electron chi connectivity index (χ2n) is 4.43. The van der Waals surface area contributed by atoms with Crippen molar-refractivity contribution < 1.29 is 4.79 Å². The number of aryl methyl sites for hydroxylation is 1. The minimum absolute atomic E-state index is 0.130. The summed E-state index contributed by atoms with van der Waals surface area (Å²) in [6.07, 6.45) is 4.33. The van der Waals surface area contributed by atoms with Crippen molar-refractivity contribution in [3.05, 3.63) is 70.2 Å². The van der Waals surface area contributed by atoms with Gasteiger partial charge in [0, 0.05) is 16.2 Å². The molecule has 102 valence electrons. The van der Waals surface area contributed by atoms with Gasteiger partial charge in [-0.2, -0.15) is 0 Å². The van der Waals surface area contributed by atoms with Crippen LogP contribution in [0.4, 0.5) is 5.69 Å². The third-order valence-corrected chi connectivity index (χ3v) is 3.40. The summed E-state index contributed by atoms with van der Waals surface area (Å²) in [5.74, 6) is -0.130. The highest BCUT2D eigenvalue weighted by molar-refractivity contribution is 9.10. The van der Waals surface area contributed by atoms with E-state index in [9.17, 15) is 4.79 Å². The molecular formula is C17H16BrNO. The molecule has 0 radical (unpaired) electrons. The highest BCUT2D eigenvalue weighted by atomic mass is 79.9. The third-order valence-electron chi connectivity index (χ3n) is 2.91. The van der Waals surface area contributed by atoms with Gasteiger partial charge in [-0.3, -0.25) is 4.79 Å². The lowest BCUT2D eigenvalue weighted by molar-refractivity contribution is -0.111. The number of rotatable bonds is 4. The predicted octanol–water partition coefficient (Wildman–Crippen LogP) is 4.66. The van der Waals surface area contributed by atoms with Crippen molar-refractivity contribution in [1.82, 2.24) is 0 Å². The molecule has 1 N–H and O–H groups in total. The molecular weight excluding hydrogens is 314 g/mol. The molecule has 3 heteroatoms. The Morgan fingerprint density at radius 2 is 1.95 bits per heavy atom. The Labute approximate surface area is 127 Å². The summed E-state index contributed by atoms with van der Waals surface area (Å²) < 4.78 is 0.996. The molecule has 0 aliphatic heterocycles. The van der Waals surface area contributed by atoms with Crippen LogP contribution in [0.2, 0.25) is 0 Å². The molecule has 0 heterocycles. The summed E-state index contributed by atoms with van der Waals surface area (Å²) >= 11 is 3.40. The van der Waals surface area contributed by atoms with Crippen molar-refractivity contribution in [1.29, 1.82) is 0 Å². The molecule has 2 rings (SSSR count). The van der Waals surface area contributed by atoms with Crippen LogP contribution in [0, 0.1) is 0 Å². The maximum atomic E-state index is 11.8. The van der Waals surface area contributed by atoms with E-state index in [0.29, 0.717) is 0 Å². The van der Waals surface area contributed by atoms with Crippen molar-refractivity contribution in [2.75, 3.05) is 5.32 Å².